The van der Waals surface area contributed by atoms with Crippen LogP contribution >= 0.6 is 11.8 Å². The van der Waals surface area contributed by atoms with Gasteiger partial charge in [0.2, 0.25) is 0 Å². The lowest BCUT2D eigenvalue weighted by Gasteiger charge is -2.18. The summed E-state index contributed by atoms with van der Waals surface area (Å²) in [5, 5.41) is 24.2. The number of nitrogens with zero attached hydrogens (tertiary/aromatic N) is 2. The van der Waals surface area contributed by atoms with Crippen LogP contribution in [0.3, 0.4) is 0 Å². The minimum Gasteiger partial charge on any atom is -0.506 e. The fourth-order valence-electron chi connectivity index (χ4n) is 4.08. The molecule has 1 atom stereocenters. The van der Waals surface area contributed by atoms with Gasteiger partial charge in [0.05, 0.1) is 5.69 Å². The van der Waals surface area contributed by atoms with E-state index in [1.807, 2.05) is 42.0 Å². The first-order valence-electron chi connectivity index (χ1n) is 9.85. The summed E-state index contributed by atoms with van der Waals surface area (Å²) in [5.41, 5.74) is 1.37. The third kappa shape index (κ3) is 2.62. The molecular formula is C23H21N2O3S2+. The van der Waals surface area contributed by atoms with Gasteiger partial charge in [-0.1, -0.05) is 48.2 Å². The molecule has 5 nitrogen and oxygen atoms in total. The highest BCUT2D eigenvalue weighted by atomic mass is 32.2. The van der Waals surface area contributed by atoms with E-state index in [1.165, 1.54) is 0 Å². The zero-order chi connectivity index (χ0) is 21.0. The number of allylic oxidation sites excluding steroid dienone is 1. The summed E-state index contributed by atoms with van der Waals surface area (Å²) in [4.78, 5) is 3.99. The van der Waals surface area contributed by atoms with Gasteiger partial charge in [-0.15, -0.1) is 0 Å². The predicted octanol–water partition coefficient (Wildman–Crippen LogP) is 2.91. The third-order valence-corrected chi connectivity index (χ3v) is 8.33. The number of para-hydroxylation sites is 1. The minimum absolute atomic E-state index is 0.0285. The highest BCUT2D eigenvalue weighted by Crippen LogP contribution is 2.48. The summed E-state index contributed by atoms with van der Waals surface area (Å²) < 4.78 is 15.6. The molecule has 0 radical (unpaired) electrons. The summed E-state index contributed by atoms with van der Waals surface area (Å²) in [6.07, 6.45) is 1.89. The number of aliphatic hydroxyl groups excluding tert-OH is 2. The van der Waals surface area contributed by atoms with Gasteiger partial charge >= 0.3 is 0 Å². The van der Waals surface area contributed by atoms with Gasteiger partial charge in [-0.2, -0.15) is 4.58 Å². The molecule has 5 rings (SSSR count). The Morgan fingerprint density at radius 1 is 1.00 bits per heavy atom. The Balaban J connectivity index is 1.73. The Morgan fingerprint density at radius 2 is 1.63 bits per heavy atom. The molecule has 2 heterocycles. The molecule has 0 amide bonds. The molecule has 2 aromatic carbocycles. The van der Waals surface area contributed by atoms with Crippen molar-refractivity contribution in [3.8, 4) is 0 Å². The second-order valence-electron chi connectivity index (χ2n) is 7.09. The summed E-state index contributed by atoms with van der Waals surface area (Å²) in [6.45, 7) is 5.37. The molecule has 1 unspecified atom stereocenters. The van der Waals surface area contributed by atoms with Crippen molar-refractivity contribution in [3.63, 3.8) is 0 Å². The van der Waals surface area contributed by atoms with Crippen LogP contribution in [0, 0.1) is 0 Å². The van der Waals surface area contributed by atoms with E-state index in [0.717, 1.165) is 22.2 Å². The lowest BCUT2D eigenvalue weighted by Crippen LogP contribution is -2.23. The molecule has 0 saturated heterocycles. The van der Waals surface area contributed by atoms with Gasteiger partial charge < -0.3 is 15.1 Å². The summed E-state index contributed by atoms with van der Waals surface area (Å²) >= 11 is 1.61. The molecule has 2 aromatic rings. The highest BCUT2D eigenvalue weighted by Gasteiger charge is 2.42. The zero-order valence-corrected chi connectivity index (χ0v) is 18.3. The van der Waals surface area contributed by atoms with Crippen molar-refractivity contribution in [2.75, 3.05) is 18.0 Å². The van der Waals surface area contributed by atoms with E-state index in [0.29, 0.717) is 26.9 Å². The van der Waals surface area contributed by atoms with E-state index in [9.17, 15) is 14.4 Å². The summed E-state index contributed by atoms with van der Waals surface area (Å²) in [5.74, 6) is -0.0569. The van der Waals surface area contributed by atoms with E-state index in [4.69, 9.17) is 0 Å². The number of benzene rings is 2. The van der Waals surface area contributed by atoms with E-state index in [-0.39, 0.29) is 17.1 Å². The van der Waals surface area contributed by atoms with Crippen molar-refractivity contribution in [1.82, 2.24) is 0 Å². The van der Waals surface area contributed by atoms with Gasteiger partial charge in [0, 0.05) is 21.9 Å². The maximum Gasteiger partial charge on any atom is 0.290 e. The second kappa shape index (κ2) is 7.18. The van der Waals surface area contributed by atoms with Crippen LogP contribution in [0.5, 0.6) is 0 Å². The molecule has 0 bridgehead atoms. The Bertz CT molecular complexity index is 1300. The standard InChI is InChI=1S/C23H20N2O3S2/c1-3-24-13-18(22-25(4-2)16-11-7-8-12-17(16)29-22)30(28)23(24)19-20(26)14-9-5-6-10-15(14)21(19)27/h5-13H,3-4H2,1-2H3,(H-,26,27)/p+1. The van der Waals surface area contributed by atoms with Crippen molar-refractivity contribution in [1.29, 1.82) is 0 Å². The first-order valence-corrected chi connectivity index (χ1v) is 11.8. The van der Waals surface area contributed by atoms with Gasteiger partial charge in [-0.25, -0.2) is 4.21 Å². The van der Waals surface area contributed by atoms with Gasteiger partial charge in [0.1, 0.15) is 33.6 Å². The van der Waals surface area contributed by atoms with Crippen LogP contribution in [0.1, 0.15) is 13.8 Å². The molecule has 3 aliphatic rings. The molecule has 152 valence electrons. The quantitative estimate of drug-likeness (QED) is 0.708. The highest BCUT2D eigenvalue weighted by molar-refractivity contribution is 8.05. The smallest absolute Gasteiger partial charge is 0.290 e. The fraction of sp³-hybridized carbons (Fsp3) is 0.174. The van der Waals surface area contributed by atoms with Crippen molar-refractivity contribution in [2.24, 2.45) is 0 Å². The van der Waals surface area contributed by atoms with Gasteiger partial charge in [-0.05, 0) is 26.0 Å². The summed E-state index contributed by atoms with van der Waals surface area (Å²) in [6, 6.07) is 15.3. The predicted molar refractivity (Wildman–Crippen MR) is 122 cm³/mol. The van der Waals surface area contributed by atoms with Crippen LogP contribution in [0.25, 0.3) is 11.5 Å². The molecule has 7 heteroatoms. The monoisotopic (exact) mass is 437 g/mol. The maximum atomic E-state index is 13.7. The van der Waals surface area contributed by atoms with Crippen LogP contribution in [0.4, 0.5) is 5.69 Å². The minimum atomic E-state index is -1.54. The largest absolute Gasteiger partial charge is 0.506 e. The van der Waals surface area contributed by atoms with E-state index in [2.05, 4.69) is 24.0 Å². The third-order valence-electron chi connectivity index (χ3n) is 5.51. The SMILES string of the molecule is CCN1C(=C2C=[N+](CC)C(=C3C(O)=c4ccccc4=C3O)S2=O)Sc2ccccc21. The van der Waals surface area contributed by atoms with Crippen LogP contribution in [0.15, 0.2) is 74.0 Å². The first kappa shape index (κ1) is 19.2. The average molecular weight is 438 g/mol. The molecule has 1 aliphatic carbocycles. The van der Waals surface area contributed by atoms with E-state index < -0.39 is 10.8 Å². The van der Waals surface area contributed by atoms with Crippen LogP contribution in [-0.4, -0.2) is 38.3 Å². The molecule has 0 fully saturated rings. The number of hydrogen-bond acceptors (Lipinski definition) is 5. The van der Waals surface area contributed by atoms with Crippen LogP contribution < -0.4 is 15.3 Å². The van der Waals surface area contributed by atoms with Gasteiger partial charge in [0.25, 0.3) is 5.03 Å². The Kier molecular flexibility index (Phi) is 4.60. The number of anilines is 1. The van der Waals surface area contributed by atoms with E-state index >= 15 is 0 Å². The average Bonchev–Trinajstić information content (AvgIpc) is 3.38. The number of fused-ring (bicyclic) bond motifs is 2. The number of rotatable bonds is 2. The summed E-state index contributed by atoms with van der Waals surface area (Å²) in [7, 11) is -1.54. The lowest BCUT2D eigenvalue weighted by molar-refractivity contribution is -0.453. The molecule has 0 spiro atoms. The Hall–Kier alpha value is -2.77. The van der Waals surface area contributed by atoms with Crippen molar-refractivity contribution < 1.29 is 19.0 Å². The van der Waals surface area contributed by atoms with Gasteiger partial charge in [0.15, 0.2) is 17.0 Å². The maximum absolute atomic E-state index is 13.7. The van der Waals surface area contributed by atoms with Crippen molar-refractivity contribution >= 4 is 46.0 Å². The van der Waals surface area contributed by atoms with Gasteiger partial charge in [-0.3, -0.25) is 0 Å². The normalized spacial score (nSPS) is 22.7. The second-order valence-corrected chi connectivity index (χ2v) is 9.48. The van der Waals surface area contributed by atoms with Crippen molar-refractivity contribution in [2.45, 2.75) is 18.7 Å². The molecular weight excluding hydrogens is 416 g/mol. The zero-order valence-electron chi connectivity index (χ0n) is 16.6. The number of thioether (sulfide) groups is 1. The Labute approximate surface area is 181 Å². The molecule has 2 aliphatic heterocycles. The fourth-order valence-corrected chi connectivity index (χ4v) is 7.03. The van der Waals surface area contributed by atoms with Crippen LogP contribution in [-0.2, 0) is 10.8 Å². The number of hydrogen-bond donors (Lipinski definition) is 2. The van der Waals surface area contributed by atoms with Crippen LogP contribution in [0.2, 0.25) is 0 Å². The molecule has 2 N–H and O–H groups in total. The molecule has 0 saturated carbocycles. The Morgan fingerprint density at radius 3 is 2.27 bits per heavy atom. The number of aliphatic hydroxyl groups is 2. The molecule has 30 heavy (non-hydrogen) atoms. The lowest BCUT2D eigenvalue weighted by atomic mass is 10.2. The first-order chi connectivity index (χ1) is 14.6. The molecule has 0 aromatic heterocycles. The topological polar surface area (TPSA) is 63.8 Å². The van der Waals surface area contributed by atoms with E-state index in [1.54, 1.807) is 23.9 Å². The van der Waals surface area contributed by atoms with Crippen molar-refractivity contribution in [3.05, 3.63) is 79.5 Å².